The first-order chi connectivity index (χ1) is 8.95. The Morgan fingerprint density at radius 1 is 0.895 bits per heavy atom. The summed E-state index contributed by atoms with van der Waals surface area (Å²) in [6.45, 7) is 18.2. The molecule has 0 saturated heterocycles. The van der Waals surface area contributed by atoms with E-state index in [0.29, 0.717) is 6.04 Å². The molecule has 0 heterocycles. The standard InChI is InChI=1S/C6H13N.C5H12O.3C2H6.H2/c7-6-4-2-1-3-5-6;1-5(2,3)4-6;3*1-2;/h6H,1-5,7H2;6H,4H2,1-3H3;3*1-2H3;1H. The molecule has 0 aromatic rings. The van der Waals surface area contributed by atoms with E-state index in [1.807, 2.05) is 62.3 Å². The van der Waals surface area contributed by atoms with Gasteiger partial charge in [-0.3, -0.25) is 0 Å². The van der Waals surface area contributed by atoms with Crippen LogP contribution < -0.4 is 5.73 Å². The van der Waals surface area contributed by atoms with Crippen LogP contribution in [0.4, 0.5) is 0 Å². The smallest absolute Gasteiger partial charge is 0.0479 e. The van der Waals surface area contributed by atoms with Crippen LogP contribution in [0.15, 0.2) is 0 Å². The fraction of sp³-hybridized carbons (Fsp3) is 1.00. The Labute approximate surface area is 125 Å². The van der Waals surface area contributed by atoms with Crippen LogP contribution in [-0.2, 0) is 0 Å². The van der Waals surface area contributed by atoms with Crippen LogP contribution in [0.5, 0.6) is 0 Å². The predicted molar refractivity (Wildman–Crippen MR) is 93.8 cm³/mol. The van der Waals surface area contributed by atoms with Crippen molar-refractivity contribution in [2.24, 2.45) is 11.1 Å². The third-order valence-corrected chi connectivity index (χ3v) is 2.12. The molecule has 124 valence electrons. The summed E-state index contributed by atoms with van der Waals surface area (Å²) in [5.74, 6) is 0. The Kier molecular flexibility index (Phi) is 33.1. The Morgan fingerprint density at radius 3 is 1.26 bits per heavy atom. The average Bonchev–Trinajstić information content (AvgIpc) is 2.46. The van der Waals surface area contributed by atoms with Crippen LogP contribution in [0.1, 0.15) is 95.8 Å². The molecule has 0 radical (unpaired) electrons. The second-order valence-electron chi connectivity index (χ2n) is 5.12. The summed E-state index contributed by atoms with van der Waals surface area (Å²) in [4.78, 5) is 0. The van der Waals surface area contributed by atoms with Gasteiger partial charge in [-0.05, 0) is 18.3 Å². The average molecular weight is 280 g/mol. The van der Waals surface area contributed by atoms with Gasteiger partial charge in [0.1, 0.15) is 0 Å². The first-order valence-corrected chi connectivity index (χ1v) is 8.32. The van der Waals surface area contributed by atoms with Crippen LogP contribution in [0.25, 0.3) is 0 Å². The summed E-state index contributed by atoms with van der Waals surface area (Å²) in [6.07, 6.45) is 6.66. The van der Waals surface area contributed by atoms with Gasteiger partial charge in [0.05, 0.1) is 0 Å². The molecule has 2 nitrogen and oxygen atoms in total. The Balaban J connectivity index is -0.0000000531. The number of rotatable bonds is 0. The van der Waals surface area contributed by atoms with Gasteiger partial charge in [-0.2, -0.15) is 0 Å². The lowest BCUT2D eigenvalue weighted by Crippen LogP contribution is -2.22. The van der Waals surface area contributed by atoms with Crippen molar-refractivity contribution in [1.29, 1.82) is 0 Å². The maximum absolute atomic E-state index is 8.40. The molecular weight excluding hydrogens is 234 g/mol. The highest BCUT2D eigenvalue weighted by Crippen LogP contribution is 2.14. The van der Waals surface area contributed by atoms with Gasteiger partial charge in [0.2, 0.25) is 0 Å². The monoisotopic (exact) mass is 279 g/mol. The van der Waals surface area contributed by atoms with Crippen LogP contribution in [0, 0.1) is 5.41 Å². The Morgan fingerprint density at radius 2 is 1.16 bits per heavy atom. The number of nitrogens with two attached hydrogens (primary N) is 1. The van der Waals surface area contributed by atoms with E-state index in [1.165, 1.54) is 32.1 Å². The van der Waals surface area contributed by atoms with Crippen LogP contribution in [0.3, 0.4) is 0 Å². The van der Waals surface area contributed by atoms with Crippen LogP contribution in [-0.4, -0.2) is 17.8 Å². The summed E-state index contributed by atoms with van der Waals surface area (Å²) in [5.41, 5.74) is 5.73. The molecule has 0 aromatic carbocycles. The van der Waals surface area contributed by atoms with E-state index in [0.717, 1.165) is 0 Å². The normalized spacial score (nSPS) is 14.1. The topological polar surface area (TPSA) is 46.2 Å². The lowest BCUT2D eigenvalue weighted by molar-refractivity contribution is 0.177. The minimum Gasteiger partial charge on any atom is -0.396 e. The van der Waals surface area contributed by atoms with Gasteiger partial charge in [-0.1, -0.05) is 81.6 Å². The van der Waals surface area contributed by atoms with Gasteiger partial charge in [-0.25, -0.2) is 0 Å². The number of hydrogen-bond acceptors (Lipinski definition) is 2. The second-order valence-corrected chi connectivity index (χ2v) is 5.12. The molecule has 0 amide bonds. The van der Waals surface area contributed by atoms with E-state index in [2.05, 4.69) is 0 Å². The van der Waals surface area contributed by atoms with E-state index in [4.69, 9.17) is 10.8 Å². The summed E-state index contributed by atoms with van der Waals surface area (Å²) < 4.78 is 0. The highest BCUT2D eigenvalue weighted by molar-refractivity contribution is 4.66. The molecule has 1 rings (SSSR count). The van der Waals surface area contributed by atoms with Gasteiger partial charge in [0, 0.05) is 14.1 Å². The van der Waals surface area contributed by atoms with Crippen molar-refractivity contribution in [1.82, 2.24) is 0 Å². The van der Waals surface area contributed by atoms with E-state index >= 15 is 0 Å². The fourth-order valence-corrected chi connectivity index (χ4v) is 1.13. The van der Waals surface area contributed by atoms with Crippen molar-refractivity contribution in [2.75, 3.05) is 6.61 Å². The lowest BCUT2D eigenvalue weighted by atomic mass is 9.97. The molecular formula is C17H45NO. The highest BCUT2D eigenvalue weighted by Gasteiger charge is 2.06. The number of aliphatic hydroxyl groups excluding tert-OH is 1. The van der Waals surface area contributed by atoms with E-state index in [-0.39, 0.29) is 13.4 Å². The fourth-order valence-electron chi connectivity index (χ4n) is 1.13. The maximum atomic E-state index is 8.40. The molecule has 1 fully saturated rings. The van der Waals surface area contributed by atoms with Gasteiger partial charge < -0.3 is 10.8 Å². The first-order valence-electron chi connectivity index (χ1n) is 8.32. The van der Waals surface area contributed by atoms with Crippen molar-refractivity contribution in [3.05, 3.63) is 0 Å². The second kappa shape index (κ2) is 23.0. The molecule has 2 heteroatoms. The van der Waals surface area contributed by atoms with Crippen LogP contribution in [0.2, 0.25) is 0 Å². The molecule has 0 aromatic heterocycles. The summed E-state index contributed by atoms with van der Waals surface area (Å²) in [6, 6.07) is 0.536. The number of hydrogen-bond donors (Lipinski definition) is 2. The molecule has 1 aliphatic rings. The zero-order valence-electron chi connectivity index (χ0n) is 15.3. The largest absolute Gasteiger partial charge is 0.396 e. The van der Waals surface area contributed by atoms with Crippen molar-refractivity contribution in [3.8, 4) is 0 Å². The minimum absolute atomic E-state index is 0. The molecule has 1 saturated carbocycles. The predicted octanol–water partition coefficient (Wildman–Crippen LogP) is 5.63. The van der Waals surface area contributed by atoms with Crippen LogP contribution >= 0.6 is 0 Å². The quantitative estimate of drug-likeness (QED) is 0.604. The molecule has 0 bridgehead atoms. The molecule has 0 unspecified atom stereocenters. The first kappa shape index (κ1) is 27.3. The molecule has 0 atom stereocenters. The maximum Gasteiger partial charge on any atom is 0.0479 e. The summed E-state index contributed by atoms with van der Waals surface area (Å²) >= 11 is 0. The van der Waals surface area contributed by atoms with Gasteiger partial charge in [0.25, 0.3) is 0 Å². The van der Waals surface area contributed by atoms with E-state index in [9.17, 15) is 0 Å². The van der Waals surface area contributed by atoms with Crippen molar-refractivity contribution >= 4 is 0 Å². The molecule has 0 spiro atoms. The highest BCUT2D eigenvalue weighted by atomic mass is 16.3. The minimum atomic E-state index is 0. The molecule has 0 aliphatic heterocycles. The zero-order chi connectivity index (χ0) is 16.3. The van der Waals surface area contributed by atoms with Gasteiger partial charge in [0.15, 0.2) is 0 Å². The molecule has 19 heavy (non-hydrogen) atoms. The van der Waals surface area contributed by atoms with Gasteiger partial charge >= 0.3 is 0 Å². The van der Waals surface area contributed by atoms with E-state index < -0.39 is 0 Å². The SMILES string of the molecule is CC.CC.CC.CC(C)(C)CO.NC1CCCCC1.[HH]. The Hall–Kier alpha value is -0.0800. The zero-order valence-corrected chi connectivity index (χ0v) is 15.3. The van der Waals surface area contributed by atoms with Crippen molar-refractivity contribution in [2.45, 2.75) is 100 Å². The number of aliphatic hydroxyl groups is 1. The summed E-state index contributed by atoms with van der Waals surface area (Å²) in [7, 11) is 0. The molecule has 1 aliphatic carbocycles. The Bertz CT molecular complexity index is 119. The van der Waals surface area contributed by atoms with Crippen molar-refractivity contribution < 1.29 is 6.53 Å². The van der Waals surface area contributed by atoms with Gasteiger partial charge in [-0.15, -0.1) is 0 Å². The van der Waals surface area contributed by atoms with Crippen molar-refractivity contribution in [3.63, 3.8) is 0 Å². The summed E-state index contributed by atoms with van der Waals surface area (Å²) in [5, 5.41) is 8.40. The third kappa shape index (κ3) is 38.1. The lowest BCUT2D eigenvalue weighted by Gasteiger charge is -2.15. The third-order valence-electron chi connectivity index (χ3n) is 2.12. The molecule has 3 N–H and O–H groups in total. The van der Waals surface area contributed by atoms with E-state index in [1.54, 1.807) is 0 Å².